The van der Waals surface area contributed by atoms with Crippen LogP contribution in [-0.4, -0.2) is 31.1 Å². The average molecular weight is 351 g/mol. The molecule has 0 spiro atoms. The second-order valence-corrected chi connectivity index (χ2v) is 5.88. The van der Waals surface area contributed by atoms with Crippen LogP contribution in [0, 0.1) is 0 Å². The van der Waals surface area contributed by atoms with Crippen molar-refractivity contribution in [2.24, 2.45) is 0 Å². The molecule has 1 fully saturated rings. The van der Waals surface area contributed by atoms with E-state index in [0.717, 1.165) is 38.3 Å². The molecule has 1 heterocycles. The van der Waals surface area contributed by atoms with Crippen LogP contribution >= 0.6 is 15.9 Å². The van der Waals surface area contributed by atoms with Crippen molar-refractivity contribution >= 4 is 21.6 Å². The quantitative estimate of drug-likeness (QED) is 0.867. The van der Waals surface area contributed by atoms with E-state index >= 15 is 0 Å². The summed E-state index contributed by atoms with van der Waals surface area (Å²) < 4.78 is 38.1. The molecule has 20 heavy (non-hydrogen) atoms. The molecule has 2 nitrogen and oxygen atoms in total. The Hall–Kier alpha value is -0.750. The Balaban J connectivity index is 1.86. The molecule has 0 amide bonds. The fourth-order valence-electron chi connectivity index (χ4n) is 2.37. The number of hydrogen-bond acceptors (Lipinski definition) is 2. The lowest BCUT2D eigenvalue weighted by molar-refractivity contribution is -0.137. The van der Waals surface area contributed by atoms with Gasteiger partial charge in [0.25, 0.3) is 0 Å². The molecule has 1 aliphatic rings. The number of anilines is 1. The number of rotatable bonds is 4. The number of likely N-dealkylation sites (tertiary alicyclic amines) is 1. The van der Waals surface area contributed by atoms with Crippen LogP contribution in [0.1, 0.15) is 24.8 Å². The Labute approximate surface area is 125 Å². The van der Waals surface area contributed by atoms with Gasteiger partial charge < -0.3 is 10.2 Å². The minimum Gasteiger partial charge on any atom is -0.383 e. The van der Waals surface area contributed by atoms with Crippen molar-refractivity contribution in [3.8, 4) is 0 Å². The zero-order chi connectivity index (χ0) is 14.6. The van der Waals surface area contributed by atoms with Crippen molar-refractivity contribution in [3.05, 3.63) is 28.2 Å². The normalized spacial score (nSPS) is 17.2. The van der Waals surface area contributed by atoms with Gasteiger partial charge in [0.15, 0.2) is 0 Å². The number of piperidine rings is 1. The fraction of sp³-hybridized carbons (Fsp3) is 0.571. The zero-order valence-electron chi connectivity index (χ0n) is 11.1. The molecule has 0 bridgehead atoms. The Kier molecular flexibility index (Phi) is 5.32. The highest BCUT2D eigenvalue weighted by atomic mass is 79.9. The summed E-state index contributed by atoms with van der Waals surface area (Å²) in [6, 6.07) is 3.69. The van der Waals surface area contributed by atoms with E-state index in [0.29, 0.717) is 10.2 Å². The van der Waals surface area contributed by atoms with Gasteiger partial charge in [-0.3, -0.25) is 0 Å². The molecule has 112 valence electrons. The minimum atomic E-state index is -4.30. The third kappa shape index (κ3) is 4.38. The Morgan fingerprint density at radius 3 is 2.45 bits per heavy atom. The van der Waals surface area contributed by atoms with E-state index in [9.17, 15) is 13.2 Å². The van der Waals surface area contributed by atoms with Crippen LogP contribution in [0.15, 0.2) is 22.7 Å². The molecule has 0 saturated carbocycles. The van der Waals surface area contributed by atoms with Crippen molar-refractivity contribution in [1.82, 2.24) is 4.90 Å². The smallest absolute Gasteiger partial charge is 0.383 e. The second-order valence-electron chi connectivity index (χ2n) is 5.02. The van der Waals surface area contributed by atoms with Gasteiger partial charge in [0.1, 0.15) is 0 Å². The van der Waals surface area contributed by atoms with Gasteiger partial charge in [0.05, 0.1) is 5.56 Å². The summed E-state index contributed by atoms with van der Waals surface area (Å²) in [7, 11) is 0. The largest absolute Gasteiger partial charge is 0.416 e. The first-order chi connectivity index (χ1) is 9.47. The van der Waals surface area contributed by atoms with Crippen LogP contribution in [0.3, 0.4) is 0 Å². The average Bonchev–Trinajstić information content (AvgIpc) is 2.40. The van der Waals surface area contributed by atoms with Gasteiger partial charge >= 0.3 is 6.18 Å². The number of nitrogens with zero attached hydrogens (tertiary/aromatic N) is 1. The van der Waals surface area contributed by atoms with Gasteiger partial charge in [0.2, 0.25) is 0 Å². The maximum Gasteiger partial charge on any atom is 0.416 e. The van der Waals surface area contributed by atoms with Crippen LogP contribution < -0.4 is 5.32 Å². The van der Waals surface area contributed by atoms with Crippen LogP contribution in [0.2, 0.25) is 0 Å². The van der Waals surface area contributed by atoms with Crippen LogP contribution in [-0.2, 0) is 6.18 Å². The summed E-state index contributed by atoms with van der Waals surface area (Å²) in [5.41, 5.74) is 0.0703. The van der Waals surface area contributed by atoms with Gasteiger partial charge in [-0.05, 0) is 60.1 Å². The van der Waals surface area contributed by atoms with Gasteiger partial charge in [-0.15, -0.1) is 0 Å². The highest BCUT2D eigenvalue weighted by Crippen LogP contribution is 2.33. The van der Waals surface area contributed by atoms with E-state index in [1.54, 1.807) is 0 Å². The van der Waals surface area contributed by atoms with Crippen molar-refractivity contribution in [3.63, 3.8) is 0 Å². The highest BCUT2D eigenvalue weighted by Gasteiger charge is 2.30. The Morgan fingerprint density at radius 1 is 1.15 bits per heavy atom. The van der Waals surface area contributed by atoms with Gasteiger partial charge in [-0.1, -0.05) is 6.42 Å². The zero-order valence-corrected chi connectivity index (χ0v) is 12.7. The number of nitrogens with one attached hydrogen (secondary N) is 1. The van der Waals surface area contributed by atoms with Gasteiger partial charge in [-0.25, -0.2) is 0 Å². The first-order valence-electron chi connectivity index (χ1n) is 6.80. The number of alkyl halides is 3. The summed E-state index contributed by atoms with van der Waals surface area (Å²) in [6.45, 7) is 3.91. The lowest BCUT2D eigenvalue weighted by atomic mass is 10.1. The molecule has 0 aromatic heterocycles. The monoisotopic (exact) mass is 350 g/mol. The summed E-state index contributed by atoms with van der Waals surface area (Å²) in [5.74, 6) is 0. The van der Waals surface area contributed by atoms with Crippen LogP contribution in [0.4, 0.5) is 18.9 Å². The maximum atomic E-state index is 12.5. The first-order valence-corrected chi connectivity index (χ1v) is 7.59. The predicted molar refractivity (Wildman–Crippen MR) is 77.9 cm³/mol. The minimum absolute atomic E-state index is 0.450. The lowest BCUT2D eigenvalue weighted by Gasteiger charge is -2.26. The van der Waals surface area contributed by atoms with E-state index in [-0.39, 0.29) is 0 Å². The molecule has 0 unspecified atom stereocenters. The number of benzene rings is 1. The van der Waals surface area contributed by atoms with Crippen molar-refractivity contribution in [2.75, 3.05) is 31.5 Å². The van der Waals surface area contributed by atoms with Crippen molar-refractivity contribution in [1.29, 1.82) is 0 Å². The van der Waals surface area contributed by atoms with Crippen molar-refractivity contribution < 1.29 is 13.2 Å². The van der Waals surface area contributed by atoms with Crippen LogP contribution in [0.25, 0.3) is 0 Å². The van der Waals surface area contributed by atoms with E-state index < -0.39 is 11.7 Å². The molecule has 1 aromatic carbocycles. The van der Waals surface area contributed by atoms with Crippen molar-refractivity contribution in [2.45, 2.75) is 25.4 Å². The first kappa shape index (κ1) is 15.6. The van der Waals surface area contributed by atoms with E-state index in [1.807, 2.05) is 0 Å². The lowest BCUT2D eigenvalue weighted by Crippen LogP contribution is -2.33. The predicted octanol–water partition coefficient (Wildman–Crippen LogP) is 4.37. The molecular weight excluding hydrogens is 333 g/mol. The topological polar surface area (TPSA) is 15.3 Å². The standard InChI is InChI=1S/C14H18BrF3N2/c15-12-10-11(14(16,17)18)4-5-13(12)19-6-9-20-7-2-1-3-8-20/h4-5,10,19H,1-3,6-9H2. The number of hydrogen-bond donors (Lipinski definition) is 1. The molecule has 1 N–H and O–H groups in total. The maximum absolute atomic E-state index is 12.5. The molecule has 1 aliphatic heterocycles. The Bertz CT molecular complexity index is 443. The van der Waals surface area contributed by atoms with Gasteiger partial charge in [-0.2, -0.15) is 13.2 Å². The Morgan fingerprint density at radius 2 is 1.85 bits per heavy atom. The molecule has 0 radical (unpaired) electrons. The number of halogens is 4. The summed E-state index contributed by atoms with van der Waals surface area (Å²) >= 11 is 3.19. The molecule has 0 atom stereocenters. The fourth-order valence-corrected chi connectivity index (χ4v) is 2.89. The van der Waals surface area contributed by atoms with E-state index in [4.69, 9.17) is 0 Å². The molecule has 0 aliphatic carbocycles. The molecule has 6 heteroatoms. The van der Waals surface area contributed by atoms with Gasteiger partial charge in [0, 0.05) is 23.2 Å². The summed E-state index contributed by atoms with van der Waals surface area (Å²) in [4.78, 5) is 2.38. The van der Waals surface area contributed by atoms with E-state index in [1.165, 1.54) is 25.3 Å². The van der Waals surface area contributed by atoms with Crippen LogP contribution in [0.5, 0.6) is 0 Å². The molecule has 2 rings (SSSR count). The summed E-state index contributed by atoms with van der Waals surface area (Å²) in [5, 5.41) is 3.18. The van der Waals surface area contributed by atoms with E-state index in [2.05, 4.69) is 26.1 Å². The third-order valence-electron chi connectivity index (χ3n) is 3.49. The summed E-state index contributed by atoms with van der Waals surface area (Å²) in [6.07, 6.45) is -0.517. The molecule has 1 saturated heterocycles. The SMILES string of the molecule is FC(F)(F)c1ccc(NCCN2CCCCC2)c(Br)c1. The second kappa shape index (κ2) is 6.80. The molecular formula is C14H18BrF3N2. The highest BCUT2D eigenvalue weighted by molar-refractivity contribution is 9.10. The third-order valence-corrected chi connectivity index (χ3v) is 4.14. The molecule has 1 aromatic rings.